The maximum Gasteiger partial charge on any atom is 0.137 e. The van der Waals surface area contributed by atoms with E-state index in [0.29, 0.717) is 6.42 Å². The highest BCUT2D eigenvalue weighted by Crippen LogP contribution is 2.26. The third kappa shape index (κ3) is 2.13. The summed E-state index contributed by atoms with van der Waals surface area (Å²) in [6.45, 7) is 0. The molecule has 0 spiro atoms. The lowest BCUT2D eigenvalue weighted by atomic mass is 10.1. The maximum atomic E-state index is 9.01. The van der Waals surface area contributed by atoms with Crippen molar-refractivity contribution in [2.24, 2.45) is 0 Å². The molecule has 0 radical (unpaired) electrons. The molecule has 3 nitrogen and oxygen atoms in total. The van der Waals surface area contributed by atoms with Crippen LogP contribution in [0.15, 0.2) is 53.1 Å². The standard InChI is InChI=1S/C15H10BrN3/c16-12-6-4-11(5-7-12)15-13(8-9-17)19-10-2-1-3-14(19)18-15/h1-7,10H,8H2. The Bertz CT molecular complexity index is 766. The van der Waals surface area contributed by atoms with Crippen molar-refractivity contribution in [3.05, 3.63) is 58.8 Å². The summed E-state index contributed by atoms with van der Waals surface area (Å²) in [4.78, 5) is 4.63. The molecule has 1 aromatic carbocycles. The lowest BCUT2D eigenvalue weighted by Gasteiger charge is -2.01. The molecule has 3 aromatic rings. The van der Waals surface area contributed by atoms with Crippen LogP contribution in [0.2, 0.25) is 0 Å². The Kier molecular flexibility index (Phi) is 3.06. The van der Waals surface area contributed by atoms with E-state index in [-0.39, 0.29) is 0 Å². The van der Waals surface area contributed by atoms with Crippen molar-refractivity contribution in [3.8, 4) is 17.3 Å². The SMILES string of the molecule is N#CCc1c(-c2ccc(Br)cc2)nc2ccccn12. The quantitative estimate of drug-likeness (QED) is 0.721. The average Bonchev–Trinajstić information content (AvgIpc) is 2.79. The normalized spacial score (nSPS) is 10.5. The molecule has 0 aliphatic heterocycles. The van der Waals surface area contributed by atoms with Crippen molar-refractivity contribution in [3.63, 3.8) is 0 Å². The van der Waals surface area contributed by atoms with E-state index in [2.05, 4.69) is 27.0 Å². The molecular weight excluding hydrogens is 302 g/mol. The Hall–Kier alpha value is -2.12. The second kappa shape index (κ2) is 4.87. The van der Waals surface area contributed by atoms with Gasteiger partial charge in [-0.3, -0.25) is 0 Å². The second-order valence-electron chi connectivity index (χ2n) is 4.18. The Morgan fingerprint density at radius 2 is 1.95 bits per heavy atom. The zero-order valence-corrected chi connectivity index (χ0v) is 11.6. The number of pyridine rings is 1. The molecule has 0 saturated heterocycles. The van der Waals surface area contributed by atoms with E-state index in [0.717, 1.165) is 27.1 Å². The van der Waals surface area contributed by atoms with Crippen molar-refractivity contribution >= 4 is 21.6 Å². The van der Waals surface area contributed by atoms with Crippen molar-refractivity contribution in [1.29, 1.82) is 5.26 Å². The highest BCUT2D eigenvalue weighted by molar-refractivity contribution is 9.10. The van der Waals surface area contributed by atoms with Crippen LogP contribution >= 0.6 is 15.9 Å². The number of benzene rings is 1. The van der Waals surface area contributed by atoms with Crippen LogP contribution in [0.4, 0.5) is 0 Å². The summed E-state index contributed by atoms with van der Waals surface area (Å²) in [5.74, 6) is 0. The Labute approximate surface area is 119 Å². The fourth-order valence-corrected chi connectivity index (χ4v) is 2.39. The molecule has 2 heterocycles. The lowest BCUT2D eigenvalue weighted by Crippen LogP contribution is -1.92. The summed E-state index contributed by atoms with van der Waals surface area (Å²) in [6, 6.07) is 16.0. The van der Waals surface area contributed by atoms with E-state index < -0.39 is 0 Å². The highest BCUT2D eigenvalue weighted by Gasteiger charge is 2.13. The summed E-state index contributed by atoms with van der Waals surface area (Å²) in [5, 5.41) is 9.01. The van der Waals surface area contributed by atoms with Gasteiger partial charge < -0.3 is 4.40 Å². The van der Waals surface area contributed by atoms with E-state index in [1.807, 2.05) is 53.1 Å². The summed E-state index contributed by atoms with van der Waals surface area (Å²) >= 11 is 3.42. The van der Waals surface area contributed by atoms with Crippen LogP contribution in [0.5, 0.6) is 0 Å². The van der Waals surface area contributed by atoms with Gasteiger partial charge in [-0.05, 0) is 24.3 Å². The third-order valence-electron chi connectivity index (χ3n) is 2.99. The molecular formula is C15H10BrN3. The maximum absolute atomic E-state index is 9.01. The molecule has 3 rings (SSSR count). The molecule has 19 heavy (non-hydrogen) atoms. The van der Waals surface area contributed by atoms with Gasteiger partial charge >= 0.3 is 0 Å². The molecule has 92 valence electrons. The number of halogens is 1. The molecule has 0 fully saturated rings. The largest absolute Gasteiger partial charge is 0.302 e. The first kappa shape index (κ1) is 11.9. The summed E-state index contributed by atoms with van der Waals surface area (Å²) in [7, 11) is 0. The number of hydrogen-bond acceptors (Lipinski definition) is 2. The smallest absolute Gasteiger partial charge is 0.137 e. The molecule has 0 aliphatic carbocycles. The number of aromatic nitrogens is 2. The summed E-state index contributed by atoms with van der Waals surface area (Å²) in [5.41, 5.74) is 3.70. The van der Waals surface area contributed by atoms with Gasteiger partial charge in [0, 0.05) is 16.2 Å². The monoisotopic (exact) mass is 311 g/mol. The van der Waals surface area contributed by atoms with Gasteiger partial charge in [-0.2, -0.15) is 5.26 Å². The van der Waals surface area contributed by atoms with E-state index in [4.69, 9.17) is 5.26 Å². The lowest BCUT2D eigenvalue weighted by molar-refractivity contribution is 1.06. The first-order chi connectivity index (χ1) is 9.29. The number of fused-ring (bicyclic) bond motifs is 1. The molecule has 0 atom stereocenters. The van der Waals surface area contributed by atoms with Crippen molar-refractivity contribution in [1.82, 2.24) is 9.38 Å². The van der Waals surface area contributed by atoms with Crippen LogP contribution in [0, 0.1) is 11.3 Å². The van der Waals surface area contributed by atoms with Gasteiger partial charge in [0.25, 0.3) is 0 Å². The Morgan fingerprint density at radius 1 is 1.16 bits per heavy atom. The van der Waals surface area contributed by atoms with Crippen LogP contribution in [-0.4, -0.2) is 9.38 Å². The third-order valence-corrected chi connectivity index (χ3v) is 3.52. The Balaban J connectivity index is 2.25. The predicted octanol–water partition coefficient (Wildman–Crippen LogP) is 3.83. The average molecular weight is 312 g/mol. The molecule has 0 N–H and O–H groups in total. The number of rotatable bonds is 2. The van der Waals surface area contributed by atoms with Gasteiger partial charge in [0.1, 0.15) is 5.65 Å². The van der Waals surface area contributed by atoms with Gasteiger partial charge in [-0.15, -0.1) is 0 Å². The Morgan fingerprint density at radius 3 is 2.68 bits per heavy atom. The van der Waals surface area contributed by atoms with Gasteiger partial charge in [-0.25, -0.2) is 4.98 Å². The van der Waals surface area contributed by atoms with Crippen LogP contribution < -0.4 is 0 Å². The molecule has 0 bridgehead atoms. The molecule has 0 unspecified atom stereocenters. The number of hydrogen-bond donors (Lipinski definition) is 0. The van der Waals surface area contributed by atoms with E-state index in [1.165, 1.54) is 0 Å². The first-order valence-corrected chi connectivity index (χ1v) is 6.68. The minimum Gasteiger partial charge on any atom is -0.302 e. The van der Waals surface area contributed by atoms with Crippen molar-refractivity contribution in [2.75, 3.05) is 0 Å². The molecule has 0 amide bonds. The van der Waals surface area contributed by atoms with Gasteiger partial charge in [0.05, 0.1) is 23.9 Å². The predicted molar refractivity (Wildman–Crippen MR) is 77.6 cm³/mol. The number of imidazole rings is 1. The molecule has 0 aliphatic rings. The zero-order chi connectivity index (χ0) is 13.2. The fraction of sp³-hybridized carbons (Fsp3) is 0.0667. The molecule has 2 aromatic heterocycles. The second-order valence-corrected chi connectivity index (χ2v) is 5.09. The summed E-state index contributed by atoms with van der Waals surface area (Å²) in [6.07, 6.45) is 2.29. The number of nitriles is 1. The summed E-state index contributed by atoms with van der Waals surface area (Å²) < 4.78 is 3.00. The fourth-order valence-electron chi connectivity index (χ4n) is 2.13. The zero-order valence-electron chi connectivity index (χ0n) is 10.0. The highest BCUT2D eigenvalue weighted by atomic mass is 79.9. The minimum atomic E-state index is 0.344. The van der Waals surface area contributed by atoms with Crippen molar-refractivity contribution < 1.29 is 0 Å². The van der Waals surface area contributed by atoms with Gasteiger partial charge in [0.2, 0.25) is 0 Å². The first-order valence-electron chi connectivity index (χ1n) is 5.88. The van der Waals surface area contributed by atoms with Crippen LogP contribution in [0.3, 0.4) is 0 Å². The van der Waals surface area contributed by atoms with E-state index in [1.54, 1.807) is 0 Å². The van der Waals surface area contributed by atoms with E-state index >= 15 is 0 Å². The molecule has 4 heteroatoms. The van der Waals surface area contributed by atoms with E-state index in [9.17, 15) is 0 Å². The van der Waals surface area contributed by atoms with Crippen LogP contribution in [0.25, 0.3) is 16.9 Å². The van der Waals surface area contributed by atoms with Crippen LogP contribution in [-0.2, 0) is 6.42 Å². The molecule has 0 saturated carbocycles. The van der Waals surface area contributed by atoms with Crippen molar-refractivity contribution in [2.45, 2.75) is 6.42 Å². The topological polar surface area (TPSA) is 41.1 Å². The van der Waals surface area contributed by atoms with Gasteiger partial charge in [0.15, 0.2) is 0 Å². The minimum absolute atomic E-state index is 0.344. The van der Waals surface area contributed by atoms with Crippen LogP contribution in [0.1, 0.15) is 5.69 Å². The van der Waals surface area contributed by atoms with Gasteiger partial charge in [-0.1, -0.05) is 34.1 Å². The number of nitrogens with zero attached hydrogens (tertiary/aromatic N) is 3.